The van der Waals surface area contributed by atoms with Crippen LogP contribution in [0.25, 0.3) is 5.65 Å². The van der Waals surface area contributed by atoms with E-state index in [2.05, 4.69) is 24.1 Å². The highest BCUT2D eigenvalue weighted by Crippen LogP contribution is 2.39. The average Bonchev–Trinajstić information content (AvgIpc) is 3.50. The fraction of sp³-hybridized carbons (Fsp3) is 0.381. The van der Waals surface area contributed by atoms with E-state index in [-0.39, 0.29) is 11.9 Å². The van der Waals surface area contributed by atoms with E-state index in [1.165, 1.54) is 25.0 Å². The number of anilines is 1. The molecule has 5 rings (SSSR count). The van der Waals surface area contributed by atoms with Crippen molar-refractivity contribution in [3.8, 4) is 0 Å². The molecule has 30 heavy (non-hydrogen) atoms. The van der Waals surface area contributed by atoms with E-state index in [9.17, 15) is 4.39 Å². The zero-order valence-electron chi connectivity index (χ0n) is 16.5. The Kier molecular flexibility index (Phi) is 5.34. The Balaban J connectivity index is 1.50. The van der Waals surface area contributed by atoms with Gasteiger partial charge in [0.25, 0.3) is 0 Å². The number of benzene rings is 1. The van der Waals surface area contributed by atoms with Crippen molar-refractivity contribution in [2.75, 3.05) is 24.5 Å². The van der Waals surface area contributed by atoms with Crippen LogP contribution in [0.15, 0.2) is 41.7 Å². The lowest BCUT2D eigenvalue weighted by Gasteiger charge is -2.27. The minimum Gasteiger partial charge on any atom is -0.357 e. The number of halogens is 2. The second-order valence-corrected chi connectivity index (χ2v) is 8.69. The maximum absolute atomic E-state index is 13.9. The molecular formula is C21H23ClFN6P. The van der Waals surface area contributed by atoms with Crippen molar-refractivity contribution in [2.24, 2.45) is 4.99 Å². The van der Waals surface area contributed by atoms with Gasteiger partial charge in [-0.1, -0.05) is 20.8 Å². The van der Waals surface area contributed by atoms with Gasteiger partial charge in [0.1, 0.15) is 22.9 Å². The Morgan fingerprint density at radius 3 is 2.83 bits per heavy atom. The van der Waals surface area contributed by atoms with E-state index in [1.807, 2.05) is 12.3 Å². The number of aromatic nitrogens is 3. The molecule has 2 aliphatic heterocycles. The molecule has 2 aliphatic rings. The predicted molar refractivity (Wildman–Crippen MR) is 121 cm³/mol. The molecular weight excluding hydrogens is 422 g/mol. The van der Waals surface area contributed by atoms with Crippen LogP contribution in [0.1, 0.15) is 37.3 Å². The quantitative estimate of drug-likeness (QED) is 0.330. The molecule has 0 amide bonds. The number of aliphatic imine (C=N–C) groups is 1. The highest BCUT2D eigenvalue weighted by atomic mass is 35.5. The van der Waals surface area contributed by atoms with Gasteiger partial charge in [-0.2, -0.15) is 5.10 Å². The minimum atomic E-state index is -0.271. The van der Waals surface area contributed by atoms with Gasteiger partial charge >= 0.3 is 0 Å². The number of hydrogen-bond acceptors (Lipinski definition) is 4. The third-order valence-electron chi connectivity index (χ3n) is 5.86. The molecule has 0 saturated carbocycles. The van der Waals surface area contributed by atoms with E-state index in [1.54, 1.807) is 16.8 Å². The number of fused-ring (bicyclic) bond motifs is 1. The Labute approximate surface area is 182 Å². The highest BCUT2D eigenvalue weighted by Gasteiger charge is 2.29. The summed E-state index contributed by atoms with van der Waals surface area (Å²) in [7, 11) is 2.74. The normalized spacial score (nSPS) is 20.0. The number of likely N-dealkylation sites (tertiary alicyclic amines) is 1. The van der Waals surface area contributed by atoms with Gasteiger partial charge in [0.15, 0.2) is 5.65 Å². The summed E-state index contributed by atoms with van der Waals surface area (Å²) >= 11 is 6.40. The molecule has 4 heterocycles. The molecule has 0 radical (unpaired) electrons. The molecule has 2 fully saturated rings. The highest BCUT2D eigenvalue weighted by molar-refractivity contribution is 7.40. The van der Waals surface area contributed by atoms with Crippen LogP contribution < -0.4 is 4.90 Å². The van der Waals surface area contributed by atoms with Crippen LogP contribution in [0.2, 0.25) is 5.02 Å². The Morgan fingerprint density at radius 1 is 1.17 bits per heavy atom. The summed E-state index contributed by atoms with van der Waals surface area (Å²) in [6.45, 7) is 2.91. The Morgan fingerprint density at radius 2 is 2.00 bits per heavy atom. The van der Waals surface area contributed by atoms with Crippen LogP contribution >= 0.6 is 20.8 Å². The van der Waals surface area contributed by atoms with E-state index in [4.69, 9.17) is 21.6 Å². The summed E-state index contributed by atoms with van der Waals surface area (Å²) < 4.78 is 15.6. The maximum Gasteiger partial charge on any atom is 0.183 e. The zero-order chi connectivity index (χ0) is 20.7. The Bertz CT molecular complexity index is 1110. The molecule has 1 aromatic carbocycles. The number of hydrogen-bond donors (Lipinski definition) is 0. The fourth-order valence-electron chi connectivity index (χ4n) is 4.36. The van der Waals surface area contributed by atoms with Crippen molar-refractivity contribution in [3.63, 3.8) is 0 Å². The predicted octanol–water partition coefficient (Wildman–Crippen LogP) is 4.82. The number of amidine groups is 1. The summed E-state index contributed by atoms with van der Waals surface area (Å²) in [5.41, 5.74) is 3.18. The average molecular weight is 445 g/mol. The van der Waals surface area contributed by atoms with Gasteiger partial charge in [0.05, 0.1) is 12.2 Å². The van der Waals surface area contributed by atoms with Crippen LogP contribution in [0.5, 0.6) is 0 Å². The molecule has 2 aromatic heterocycles. The maximum atomic E-state index is 13.9. The lowest BCUT2D eigenvalue weighted by molar-refractivity contribution is 0.530. The molecule has 2 atom stereocenters. The molecule has 3 aromatic rings. The fourth-order valence-corrected chi connectivity index (χ4v) is 5.00. The van der Waals surface area contributed by atoms with Crippen molar-refractivity contribution >= 4 is 43.6 Å². The first-order valence-corrected chi connectivity index (χ1v) is 11.2. The first kappa shape index (κ1) is 19.7. The van der Waals surface area contributed by atoms with Crippen LogP contribution in [0.4, 0.5) is 15.9 Å². The number of nitrogens with zero attached hydrogens (tertiary/aromatic N) is 6. The standard InChI is InChI=1S/C21H23ClFN6P/c22-16-6-5-14(23)12-15(16)18-4-3-10-28(18)19-7-11-29-20(26-19)17(13-24-29)25-21(30)27-8-1-2-9-27/h5-7,11-13,18H,1-4,8-10,30H2. The third kappa shape index (κ3) is 3.65. The van der Waals surface area contributed by atoms with Gasteiger partial charge in [-0.15, -0.1) is 0 Å². The summed E-state index contributed by atoms with van der Waals surface area (Å²) in [4.78, 5) is 14.1. The molecule has 0 aliphatic carbocycles. The molecule has 0 spiro atoms. The van der Waals surface area contributed by atoms with Gasteiger partial charge in [-0.3, -0.25) is 0 Å². The van der Waals surface area contributed by atoms with Gasteiger partial charge in [0.2, 0.25) is 0 Å². The van der Waals surface area contributed by atoms with E-state index in [0.717, 1.165) is 55.1 Å². The molecule has 0 bridgehead atoms. The molecule has 0 N–H and O–H groups in total. The largest absolute Gasteiger partial charge is 0.357 e. The number of rotatable bonds is 3. The van der Waals surface area contributed by atoms with Crippen LogP contribution in [-0.4, -0.2) is 44.7 Å². The second-order valence-electron chi connectivity index (χ2n) is 7.77. The SMILES string of the molecule is Fc1ccc(Cl)c(C2CCCN2c2ccn3ncc(N=C(P)N4CCCC4)c3n2)c1. The first-order valence-electron chi connectivity index (χ1n) is 10.3. The molecule has 6 nitrogen and oxygen atoms in total. The molecule has 156 valence electrons. The van der Waals surface area contributed by atoms with E-state index in [0.29, 0.717) is 10.7 Å². The molecule has 2 saturated heterocycles. The summed E-state index contributed by atoms with van der Waals surface area (Å²) in [5, 5.41) is 4.98. The zero-order valence-corrected chi connectivity index (χ0v) is 18.4. The van der Waals surface area contributed by atoms with E-state index >= 15 is 0 Å². The lowest BCUT2D eigenvalue weighted by atomic mass is 10.0. The van der Waals surface area contributed by atoms with Crippen molar-refractivity contribution in [3.05, 3.63) is 53.1 Å². The summed E-state index contributed by atoms with van der Waals surface area (Å²) in [6.07, 6.45) is 7.95. The van der Waals surface area contributed by atoms with Gasteiger partial charge < -0.3 is 9.80 Å². The first-order chi connectivity index (χ1) is 14.6. The smallest absolute Gasteiger partial charge is 0.183 e. The molecule has 2 unspecified atom stereocenters. The minimum absolute atomic E-state index is 0.0000793. The van der Waals surface area contributed by atoms with Crippen molar-refractivity contribution in [1.82, 2.24) is 19.5 Å². The monoisotopic (exact) mass is 444 g/mol. The second kappa shape index (κ2) is 8.12. The summed E-state index contributed by atoms with van der Waals surface area (Å²) in [6, 6.07) is 6.50. The van der Waals surface area contributed by atoms with Crippen molar-refractivity contribution in [2.45, 2.75) is 31.7 Å². The van der Waals surface area contributed by atoms with Gasteiger partial charge in [-0.25, -0.2) is 18.9 Å². The third-order valence-corrected chi connectivity index (χ3v) is 6.70. The van der Waals surface area contributed by atoms with Crippen LogP contribution in [0, 0.1) is 5.82 Å². The summed E-state index contributed by atoms with van der Waals surface area (Å²) in [5.74, 6) is 0.556. The van der Waals surface area contributed by atoms with Gasteiger partial charge in [0, 0.05) is 30.9 Å². The lowest BCUT2D eigenvalue weighted by Crippen LogP contribution is -2.24. The molecule has 9 heteroatoms. The van der Waals surface area contributed by atoms with Crippen molar-refractivity contribution < 1.29 is 4.39 Å². The van der Waals surface area contributed by atoms with Gasteiger partial charge in [-0.05, 0) is 55.5 Å². The topological polar surface area (TPSA) is 49.0 Å². The van der Waals surface area contributed by atoms with Crippen molar-refractivity contribution in [1.29, 1.82) is 0 Å². The Hall–Kier alpha value is -2.24. The van der Waals surface area contributed by atoms with Crippen LogP contribution in [-0.2, 0) is 0 Å². The van der Waals surface area contributed by atoms with Crippen LogP contribution in [0.3, 0.4) is 0 Å². The van der Waals surface area contributed by atoms with E-state index < -0.39 is 0 Å².